The van der Waals surface area contributed by atoms with E-state index in [0.717, 1.165) is 42.3 Å². The topological polar surface area (TPSA) is 36.4 Å². The van der Waals surface area contributed by atoms with Gasteiger partial charge in [-0.25, -0.2) is 4.98 Å². The van der Waals surface area contributed by atoms with Crippen molar-refractivity contribution in [1.29, 1.82) is 0 Å². The molecular formula is C22H26F3N3OS. The summed E-state index contributed by atoms with van der Waals surface area (Å²) in [5.74, 6) is 1.32. The van der Waals surface area contributed by atoms with E-state index in [1.165, 1.54) is 29.3 Å². The minimum absolute atomic E-state index is 0.0738. The number of alkyl halides is 3. The summed E-state index contributed by atoms with van der Waals surface area (Å²) in [7, 11) is 0. The van der Waals surface area contributed by atoms with E-state index in [9.17, 15) is 18.0 Å². The van der Waals surface area contributed by atoms with E-state index >= 15 is 0 Å². The SMILES string of the molecule is CCC1CCc2sc(C(=O)N3CCCN(c4ccc(C(F)(F)F)cn4)CC3)cc2C1. The zero-order valence-corrected chi connectivity index (χ0v) is 17.9. The van der Waals surface area contributed by atoms with Crippen molar-refractivity contribution in [2.24, 2.45) is 5.92 Å². The van der Waals surface area contributed by atoms with Crippen LogP contribution in [0.1, 0.15) is 51.9 Å². The molecule has 1 aliphatic carbocycles. The first-order valence-electron chi connectivity index (χ1n) is 10.5. The molecule has 8 heteroatoms. The summed E-state index contributed by atoms with van der Waals surface area (Å²) < 4.78 is 38.3. The summed E-state index contributed by atoms with van der Waals surface area (Å²) in [5.41, 5.74) is 0.594. The predicted octanol–water partition coefficient (Wildman–Crippen LogP) is 5.03. The Kier molecular flexibility index (Phi) is 6.04. The van der Waals surface area contributed by atoms with Crippen LogP contribution in [-0.2, 0) is 19.0 Å². The average Bonchev–Trinajstić information content (AvgIpc) is 3.01. The standard InChI is InChI=1S/C22H26F3N3OS/c1-2-15-4-6-18-16(12-15)13-19(30-18)21(29)28-9-3-8-27(10-11-28)20-7-5-17(14-26-20)22(23,24)25/h5,7,13-15H,2-4,6,8-12H2,1H3. The molecular weight excluding hydrogens is 411 g/mol. The highest BCUT2D eigenvalue weighted by Gasteiger charge is 2.31. The van der Waals surface area contributed by atoms with Crippen LogP contribution in [0.2, 0.25) is 0 Å². The molecule has 1 atom stereocenters. The molecule has 30 heavy (non-hydrogen) atoms. The largest absolute Gasteiger partial charge is 0.417 e. The number of amides is 1. The van der Waals surface area contributed by atoms with Crippen LogP contribution in [0.25, 0.3) is 0 Å². The Labute approximate surface area is 178 Å². The molecule has 2 aromatic heterocycles. The molecule has 0 radical (unpaired) electrons. The smallest absolute Gasteiger partial charge is 0.355 e. The first-order valence-corrected chi connectivity index (χ1v) is 11.4. The number of pyridine rings is 1. The minimum atomic E-state index is -4.38. The van der Waals surface area contributed by atoms with Crippen LogP contribution < -0.4 is 4.90 Å². The minimum Gasteiger partial charge on any atom is -0.355 e. The molecule has 1 unspecified atom stereocenters. The zero-order chi connectivity index (χ0) is 21.3. The van der Waals surface area contributed by atoms with Gasteiger partial charge in [-0.2, -0.15) is 13.2 Å². The van der Waals surface area contributed by atoms with Crippen LogP contribution in [0, 0.1) is 5.92 Å². The lowest BCUT2D eigenvalue weighted by Crippen LogP contribution is -2.35. The molecule has 3 heterocycles. The Morgan fingerprint density at radius 3 is 2.77 bits per heavy atom. The third-order valence-corrected chi connectivity index (χ3v) is 7.38. The van der Waals surface area contributed by atoms with E-state index in [4.69, 9.17) is 0 Å². The molecule has 0 aromatic carbocycles. The molecule has 1 fully saturated rings. The van der Waals surface area contributed by atoms with E-state index in [1.54, 1.807) is 11.3 Å². The van der Waals surface area contributed by atoms with E-state index in [2.05, 4.69) is 18.0 Å². The molecule has 0 N–H and O–H groups in total. The Morgan fingerprint density at radius 2 is 2.07 bits per heavy atom. The van der Waals surface area contributed by atoms with E-state index in [0.29, 0.717) is 32.0 Å². The number of hydrogen-bond acceptors (Lipinski definition) is 4. The Morgan fingerprint density at radius 1 is 1.23 bits per heavy atom. The maximum Gasteiger partial charge on any atom is 0.417 e. The number of fused-ring (bicyclic) bond motifs is 1. The van der Waals surface area contributed by atoms with E-state index < -0.39 is 11.7 Å². The fourth-order valence-electron chi connectivity index (χ4n) is 4.30. The number of aromatic nitrogens is 1. The normalized spacial score (nSPS) is 20.1. The quantitative estimate of drug-likeness (QED) is 0.676. The van der Waals surface area contributed by atoms with Gasteiger partial charge in [0.25, 0.3) is 5.91 Å². The molecule has 4 rings (SSSR count). The van der Waals surface area contributed by atoms with Gasteiger partial charge in [-0.1, -0.05) is 13.3 Å². The number of hydrogen-bond donors (Lipinski definition) is 0. The lowest BCUT2D eigenvalue weighted by Gasteiger charge is -2.23. The van der Waals surface area contributed by atoms with Crippen molar-refractivity contribution in [1.82, 2.24) is 9.88 Å². The molecule has 1 aliphatic heterocycles. The number of aryl methyl sites for hydroxylation is 1. The summed E-state index contributed by atoms with van der Waals surface area (Å²) in [6.45, 7) is 4.65. The van der Waals surface area contributed by atoms with Crippen LogP contribution in [0.4, 0.5) is 19.0 Å². The average molecular weight is 438 g/mol. The van der Waals surface area contributed by atoms with Crippen LogP contribution in [0.3, 0.4) is 0 Å². The predicted molar refractivity (Wildman–Crippen MR) is 112 cm³/mol. The third kappa shape index (κ3) is 4.48. The van der Waals surface area contributed by atoms with Crippen molar-refractivity contribution in [3.63, 3.8) is 0 Å². The summed E-state index contributed by atoms with van der Waals surface area (Å²) in [6.07, 6.45) is 1.78. The van der Waals surface area contributed by atoms with Crippen LogP contribution >= 0.6 is 11.3 Å². The maximum atomic E-state index is 13.1. The molecule has 162 valence electrons. The lowest BCUT2D eigenvalue weighted by molar-refractivity contribution is -0.137. The maximum absolute atomic E-state index is 13.1. The molecule has 1 saturated heterocycles. The first-order chi connectivity index (χ1) is 14.3. The van der Waals surface area contributed by atoms with Gasteiger partial charge < -0.3 is 9.80 Å². The van der Waals surface area contributed by atoms with Crippen molar-refractivity contribution >= 4 is 23.1 Å². The number of nitrogens with zero attached hydrogens (tertiary/aromatic N) is 3. The highest BCUT2D eigenvalue weighted by Crippen LogP contribution is 2.34. The van der Waals surface area contributed by atoms with Gasteiger partial charge in [0, 0.05) is 37.3 Å². The number of carbonyl (C=O) groups is 1. The lowest BCUT2D eigenvalue weighted by atomic mass is 9.87. The van der Waals surface area contributed by atoms with Crippen LogP contribution in [0.15, 0.2) is 24.4 Å². The highest BCUT2D eigenvalue weighted by molar-refractivity contribution is 7.14. The number of halogens is 3. The van der Waals surface area contributed by atoms with Crippen molar-refractivity contribution in [2.75, 3.05) is 31.1 Å². The van der Waals surface area contributed by atoms with Gasteiger partial charge >= 0.3 is 6.18 Å². The summed E-state index contributed by atoms with van der Waals surface area (Å²) in [6, 6.07) is 4.57. The van der Waals surface area contributed by atoms with Gasteiger partial charge in [0.15, 0.2) is 0 Å². The highest BCUT2D eigenvalue weighted by atomic mass is 32.1. The molecule has 4 nitrogen and oxygen atoms in total. The fourth-order valence-corrected chi connectivity index (χ4v) is 5.48. The second-order valence-electron chi connectivity index (χ2n) is 8.11. The second kappa shape index (κ2) is 8.57. The molecule has 2 aliphatic rings. The number of thiophene rings is 1. The van der Waals surface area contributed by atoms with E-state index in [1.807, 2.05) is 9.80 Å². The van der Waals surface area contributed by atoms with Crippen LogP contribution in [-0.4, -0.2) is 42.0 Å². The van der Waals surface area contributed by atoms with Gasteiger partial charge in [-0.05, 0) is 55.4 Å². The number of rotatable bonds is 3. The van der Waals surface area contributed by atoms with Crippen molar-refractivity contribution in [3.05, 3.63) is 45.3 Å². The van der Waals surface area contributed by atoms with Crippen molar-refractivity contribution in [3.8, 4) is 0 Å². The summed E-state index contributed by atoms with van der Waals surface area (Å²) in [5, 5.41) is 0. The number of carbonyl (C=O) groups excluding carboxylic acids is 1. The van der Waals surface area contributed by atoms with Crippen molar-refractivity contribution < 1.29 is 18.0 Å². The first kappa shape index (κ1) is 21.2. The Bertz CT molecular complexity index is 894. The third-order valence-electron chi connectivity index (χ3n) is 6.16. The molecule has 0 bridgehead atoms. The number of anilines is 1. The van der Waals surface area contributed by atoms with Gasteiger partial charge in [0.05, 0.1) is 10.4 Å². The molecule has 1 amide bonds. The van der Waals surface area contributed by atoms with Crippen LogP contribution in [0.5, 0.6) is 0 Å². The van der Waals surface area contributed by atoms with Gasteiger partial charge in [-0.3, -0.25) is 4.79 Å². The molecule has 2 aromatic rings. The summed E-state index contributed by atoms with van der Waals surface area (Å²) in [4.78, 5) is 23.1. The van der Waals surface area contributed by atoms with Gasteiger partial charge in [0.1, 0.15) is 5.82 Å². The second-order valence-corrected chi connectivity index (χ2v) is 9.25. The van der Waals surface area contributed by atoms with Gasteiger partial charge in [0.2, 0.25) is 0 Å². The Balaban J connectivity index is 1.41. The fraction of sp³-hybridized carbons (Fsp3) is 0.545. The van der Waals surface area contributed by atoms with Gasteiger partial charge in [-0.15, -0.1) is 11.3 Å². The monoisotopic (exact) mass is 437 g/mol. The zero-order valence-electron chi connectivity index (χ0n) is 17.0. The Hall–Kier alpha value is -2.09. The molecule has 0 spiro atoms. The van der Waals surface area contributed by atoms with Crippen molar-refractivity contribution in [2.45, 2.75) is 45.2 Å². The van der Waals surface area contributed by atoms with E-state index in [-0.39, 0.29) is 5.91 Å². The molecule has 0 saturated carbocycles. The summed E-state index contributed by atoms with van der Waals surface area (Å²) >= 11 is 1.63.